The topological polar surface area (TPSA) is 125 Å². The van der Waals surface area contributed by atoms with Crippen LogP contribution in [-0.2, 0) is 17.8 Å². The molecule has 0 unspecified atom stereocenters. The zero-order chi connectivity index (χ0) is 25.9. The molecule has 0 fully saturated rings. The van der Waals surface area contributed by atoms with E-state index in [0.717, 1.165) is 36.7 Å². The maximum atomic E-state index is 12.6. The van der Waals surface area contributed by atoms with E-state index in [2.05, 4.69) is 27.8 Å². The highest BCUT2D eigenvalue weighted by atomic mass is 32.2. The van der Waals surface area contributed by atoms with Crippen LogP contribution >= 0.6 is 11.8 Å². The van der Waals surface area contributed by atoms with E-state index in [1.165, 1.54) is 26.9 Å². The molecule has 0 atom stereocenters. The maximum absolute atomic E-state index is 12.6. The first-order valence-electron chi connectivity index (χ1n) is 11.4. The monoisotopic (exact) mass is 514 g/mol. The summed E-state index contributed by atoms with van der Waals surface area (Å²) in [6.45, 7) is 2.17. The minimum absolute atomic E-state index is 0.0135. The number of hydrogen-bond acceptors (Lipinski definition) is 9. The molecule has 0 saturated carbocycles. The van der Waals surface area contributed by atoms with Crippen LogP contribution in [0.4, 0.5) is 5.69 Å². The molecule has 1 heterocycles. The number of thioether (sulfide) groups is 1. The number of rotatable bonds is 13. The third-order valence-electron chi connectivity index (χ3n) is 5.16. The minimum Gasteiger partial charge on any atom is -0.493 e. The molecule has 2 amide bonds. The molecule has 11 heteroatoms. The van der Waals surface area contributed by atoms with Crippen molar-refractivity contribution in [1.29, 1.82) is 0 Å². The molecular weight excluding hydrogens is 484 g/mol. The van der Waals surface area contributed by atoms with Crippen molar-refractivity contribution in [3.8, 4) is 17.2 Å². The number of nitrogens with one attached hydrogen (secondary N) is 2. The van der Waals surface area contributed by atoms with Gasteiger partial charge in [-0.25, -0.2) is 0 Å². The van der Waals surface area contributed by atoms with Gasteiger partial charge in [0.1, 0.15) is 0 Å². The van der Waals surface area contributed by atoms with Gasteiger partial charge in [-0.1, -0.05) is 37.2 Å². The van der Waals surface area contributed by atoms with Gasteiger partial charge < -0.3 is 29.3 Å². The molecule has 0 spiro atoms. The number of aromatic nitrogens is 2. The molecule has 0 bridgehead atoms. The molecule has 10 nitrogen and oxygen atoms in total. The number of amides is 2. The second-order valence-corrected chi connectivity index (χ2v) is 8.62. The number of carbonyl (C=O) groups is 2. The second-order valence-electron chi connectivity index (χ2n) is 7.70. The fourth-order valence-corrected chi connectivity index (χ4v) is 3.88. The summed E-state index contributed by atoms with van der Waals surface area (Å²) >= 11 is 1.12. The van der Waals surface area contributed by atoms with Crippen molar-refractivity contribution in [1.82, 2.24) is 15.5 Å². The Balaban J connectivity index is 1.48. The average molecular weight is 515 g/mol. The van der Waals surface area contributed by atoms with Gasteiger partial charge in [0.15, 0.2) is 11.5 Å². The van der Waals surface area contributed by atoms with Crippen LogP contribution < -0.4 is 24.8 Å². The zero-order valence-electron chi connectivity index (χ0n) is 20.8. The highest BCUT2D eigenvalue weighted by molar-refractivity contribution is 7.99. The first-order valence-corrected chi connectivity index (χ1v) is 12.4. The Morgan fingerprint density at radius 3 is 2.31 bits per heavy atom. The molecule has 2 N–H and O–H groups in total. The van der Waals surface area contributed by atoms with Crippen LogP contribution in [0.3, 0.4) is 0 Å². The van der Waals surface area contributed by atoms with Crippen molar-refractivity contribution in [2.75, 3.05) is 32.4 Å². The van der Waals surface area contributed by atoms with Crippen molar-refractivity contribution >= 4 is 29.3 Å². The third-order valence-corrected chi connectivity index (χ3v) is 5.98. The lowest BCUT2D eigenvalue weighted by Gasteiger charge is -2.13. The minimum atomic E-state index is -0.387. The van der Waals surface area contributed by atoms with Crippen LogP contribution in [0.5, 0.6) is 17.2 Å². The van der Waals surface area contributed by atoms with Gasteiger partial charge in [-0.15, -0.1) is 10.2 Å². The number of anilines is 1. The molecule has 2 aromatic carbocycles. The number of unbranched alkanes of at least 4 members (excludes halogenated alkanes) is 1. The van der Waals surface area contributed by atoms with E-state index in [-0.39, 0.29) is 35.2 Å². The summed E-state index contributed by atoms with van der Waals surface area (Å²) in [6, 6.07) is 10.9. The van der Waals surface area contributed by atoms with Crippen LogP contribution in [0.1, 0.15) is 41.6 Å². The third kappa shape index (κ3) is 7.38. The van der Waals surface area contributed by atoms with Crippen molar-refractivity contribution in [2.24, 2.45) is 0 Å². The van der Waals surface area contributed by atoms with Gasteiger partial charge >= 0.3 is 0 Å². The summed E-state index contributed by atoms with van der Waals surface area (Å²) in [7, 11) is 4.43. The smallest absolute Gasteiger partial charge is 0.277 e. The van der Waals surface area contributed by atoms with Crippen LogP contribution in [-0.4, -0.2) is 49.1 Å². The first kappa shape index (κ1) is 26.9. The van der Waals surface area contributed by atoms with Crippen LogP contribution in [0.2, 0.25) is 0 Å². The standard InChI is InChI=1S/C25H30N4O6S/c1-5-6-7-16-8-10-18(11-9-16)27-21(30)15-36-25-29-28-22(35-25)14-26-24(31)17-12-19(32-2)23(34-4)20(13-17)33-3/h8-13H,5-7,14-15H2,1-4H3,(H,26,31)(H,27,30). The van der Waals surface area contributed by atoms with Gasteiger partial charge in [0, 0.05) is 11.3 Å². The van der Waals surface area contributed by atoms with Gasteiger partial charge in [0.25, 0.3) is 11.1 Å². The molecular formula is C25H30N4O6S. The van der Waals surface area contributed by atoms with Gasteiger partial charge in [0.05, 0.1) is 33.6 Å². The highest BCUT2D eigenvalue weighted by Gasteiger charge is 2.18. The average Bonchev–Trinajstić information content (AvgIpc) is 3.37. The largest absolute Gasteiger partial charge is 0.493 e. The van der Waals surface area contributed by atoms with Crippen LogP contribution in [0, 0.1) is 0 Å². The SMILES string of the molecule is CCCCc1ccc(NC(=O)CSc2nnc(CNC(=O)c3cc(OC)c(OC)c(OC)c3)o2)cc1. The number of methoxy groups -OCH3 is 3. The molecule has 0 aliphatic heterocycles. The molecule has 0 saturated heterocycles. The van der Waals surface area contributed by atoms with Gasteiger partial charge in [-0.2, -0.15) is 0 Å². The van der Waals surface area contributed by atoms with Crippen LogP contribution in [0.25, 0.3) is 0 Å². The summed E-state index contributed by atoms with van der Waals surface area (Å²) < 4.78 is 21.4. The molecule has 0 aliphatic carbocycles. The van der Waals surface area contributed by atoms with Crippen molar-refractivity contribution in [3.63, 3.8) is 0 Å². The first-order chi connectivity index (χ1) is 17.5. The number of hydrogen-bond donors (Lipinski definition) is 2. The van der Waals surface area contributed by atoms with Gasteiger partial charge in [-0.05, 0) is 42.7 Å². The molecule has 3 aromatic rings. The van der Waals surface area contributed by atoms with Crippen molar-refractivity contribution in [3.05, 3.63) is 53.4 Å². The van der Waals surface area contributed by atoms with Gasteiger partial charge in [-0.3, -0.25) is 9.59 Å². The predicted molar refractivity (Wildman–Crippen MR) is 136 cm³/mol. The van der Waals surface area contributed by atoms with E-state index >= 15 is 0 Å². The highest BCUT2D eigenvalue weighted by Crippen LogP contribution is 2.38. The summed E-state index contributed by atoms with van der Waals surface area (Å²) in [5.41, 5.74) is 2.30. The number of nitrogens with zero attached hydrogens (tertiary/aromatic N) is 2. The Hall–Kier alpha value is -3.73. The molecule has 1 aromatic heterocycles. The normalized spacial score (nSPS) is 10.6. The maximum Gasteiger partial charge on any atom is 0.277 e. The lowest BCUT2D eigenvalue weighted by molar-refractivity contribution is -0.113. The lowest BCUT2D eigenvalue weighted by atomic mass is 10.1. The Bertz CT molecular complexity index is 1140. The van der Waals surface area contributed by atoms with E-state index < -0.39 is 0 Å². The Kier molecular flexibility index (Phi) is 9.99. The Morgan fingerprint density at radius 1 is 1.00 bits per heavy atom. The van der Waals surface area contributed by atoms with Crippen molar-refractivity contribution in [2.45, 2.75) is 38.0 Å². The van der Waals surface area contributed by atoms with Crippen molar-refractivity contribution < 1.29 is 28.2 Å². The quantitative estimate of drug-likeness (QED) is 0.324. The van der Waals surface area contributed by atoms with Gasteiger partial charge in [0.2, 0.25) is 17.5 Å². The molecule has 0 aliphatic rings. The van der Waals surface area contributed by atoms with E-state index in [0.29, 0.717) is 22.8 Å². The lowest BCUT2D eigenvalue weighted by Crippen LogP contribution is -2.23. The molecule has 192 valence electrons. The molecule has 3 rings (SSSR count). The summed E-state index contributed by atoms with van der Waals surface area (Å²) in [4.78, 5) is 24.9. The number of aryl methyl sites for hydroxylation is 1. The van der Waals surface area contributed by atoms with E-state index in [9.17, 15) is 9.59 Å². The Labute approximate surface area is 214 Å². The summed E-state index contributed by atoms with van der Waals surface area (Å²) in [5, 5.41) is 13.6. The second kappa shape index (κ2) is 13.4. The summed E-state index contributed by atoms with van der Waals surface area (Å²) in [6.07, 6.45) is 3.32. The Morgan fingerprint density at radius 2 is 1.69 bits per heavy atom. The number of ether oxygens (including phenoxy) is 3. The molecule has 0 radical (unpaired) electrons. The number of benzene rings is 2. The summed E-state index contributed by atoms with van der Waals surface area (Å²) in [5.74, 6) is 0.869. The van der Waals surface area contributed by atoms with E-state index in [1.54, 1.807) is 12.1 Å². The molecule has 36 heavy (non-hydrogen) atoms. The van der Waals surface area contributed by atoms with Crippen LogP contribution in [0.15, 0.2) is 46.0 Å². The fourth-order valence-electron chi connectivity index (χ4n) is 3.30. The zero-order valence-corrected chi connectivity index (χ0v) is 21.6. The fraction of sp³-hybridized carbons (Fsp3) is 0.360. The predicted octanol–water partition coefficient (Wildman–Crippen LogP) is 4.10. The van der Waals surface area contributed by atoms with E-state index in [4.69, 9.17) is 18.6 Å². The number of carbonyl (C=O) groups excluding carboxylic acids is 2. The van der Waals surface area contributed by atoms with E-state index in [1.807, 2.05) is 24.3 Å².